The van der Waals surface area contributed by atoms with Gasteiger partial charge in [0, 0.05) is 6.54 Å². The molecule has 0 saturated carbocycles. The molecule has 36 heavy (non-hydrogen) atoms. The van der Waals surface area contributed by atoms with E-state index in [4.69, 9.17) is 9.47 Å². The van der Waals surface area contributed by atoms with Crippen molar-refractivity contribution in [1.82, 2.24) is 5.32 Å². The second-order valence-electron chi connectivity index (χ2n) is 8.54. The number of hydrogen-bond acceptors (Lipinski definition) is 5. The van der Waals surface area contributed by atoms with E-state index in [1.165, 1.54) is 4.31 Å². The van der Waals surface area contributed by atoms with Crippen LogP contribution in [0.5, 0.6) is 11.5 Å². The molecule has 3 aromatic carbocycles. The molecule has 192 valence electrons. The Morgan fingerprint density at radius 3 is 2.11 bits per heavy atom. The van der Waals surface area contributed by atoms with Gasteiger partial charge in [-0.2, -0.15) is 0 Å². The van der Waals surface area contributed by atoms with E-state index in [0.29, 0.717) is 30.4 Å². The van der Waals surface area contributed by atoms with Gasteiger partial charge in [0.05, 0.1) is 23.8 Å². The van der Waals surface area contributed by atoms with Crippen LogP contribution in [0.3, 0.4) is 0 Å². The predicted molar refractivity (Wildman–Crippen MR) is 142 cm³/mol. The lowest BCUT2D eigenvalue weighted by Gasteiger charge is -2.26. The van der Waals surface area contributed by atoms with Gasteiger partial charge in [-0.1, -0.05) is 41.5 Å². The van der Waals surface area contributed by atoms with E-state index in [-0.39, 0.29) is 18.0 Å². The summed E-state index contributed by atoms with van der Waals surface area (Å²) < 4.78 is 39.7. The van der Waals surface area contributed by atoms with Crippen LogP contribution in [-0.2, 0) is 21.4 Å². The normalized spacial score (nSPS) is 11.1. The van der Waals surface area contributed by atoms with E-state index < -0.39 is 15.9 Å². The molecule has 0 fully saturated rings. The number of hydrogen-bond donors (Lipinski definition) is 1. The molecule has 3 rings (SSSR count). The lowest BCUT2D eigenvalue weighted by Crippen LogP contribution is -2.41. The fraction of sp³-hybridized carbons (Fsp3) is 0.321. The minimum atomic E-state index is -3.97. The summed E-state index contributed by atoms with van der Waals surface area (Å²) in [5.74, 6) is 0.821. The van der Waals surface area contributed by atoms with Gasteiger partial charge in [0.2, 0.25) is 5.91 Å². The molecular formula is C28H34N2O5S. The fourth-order valence-electron chi connectivity index (χ4n) is 3.81. The van der Waals surface area contributed by atoms with Crippen molar-refractivity contribution < 1.29 is 22.7 Å². The molecule has 0 aliphatic carbocycles. The van der Waals surface area contributed by atoms with Gasteiger partial charge in [-0.05, 0) is 76.1 Å². The zero-order chi connectivity index (χ0) is 26.3. The molecule has 3 aromatic rings. The summed E-state index contributed by atoms with van der Waals surface area (Å²) in [5, 5.41) is 2.84. The van der Waals surface area contributed by atoms with E-state index >= 15 is 0 Å². The highest BCUT2D eigenvalue weighted by Crippen LogP contribution is 2.29. The monoisotopic (exact) mass is 510 g/mol. The minimum absolute atomic E-state index is 0.133. The number of nitrogens with zero attached hydrogens (tertiary/aromatic N) is 1. The number of carbonyl (C=O) groups is 1. The molecule has 0 atom stereocenters. The number of nitrogens with one attached hydrogen (secondary N) is 1. The largest absolute Gasteiger partial charge is 0.490 e. The smallest absolute Gasteiger partial charge is 0.264 e. The Morgan fingerprint density at radius 1 is 0.833 bits per heavy atom. The van der Waals surface area contributed by atoms with E-state index in [2.05, 4.69) is 5.32 Å². The van der Waals surface area contributed by atoms with E-state index in [0.717, 1.165) is 22.3 Å². The molecular weight excluding hydrogens is 476 g/mol. The van der Waals surface area contributed by atoms with E-state index in [9.17, 15) is 13.2 Å². The lowest BCUT2D eigenvalue weighted by atomic mass is 10.1. The predicted octanol–water partition coefficient (Wildman–Crippen LogP) is 4.92. The second kappa shape index (κ2) is 11.9. The van der Waals surface area contributed by atoms with Crippen LogP contribution in [-0.4, -0.2) is 34.1 Å². The summed E-state index contributed by atoms with van der Waals surface area (Å²) in [7, 11) is -3.97. The third kappa shape index (κ3) is 6.57. The van der Waals surface area contributed by atoms with Crippen molar-refractivity contribution in [2.24, 2.45) is 0 Å². The third-order valence-electron chi connectivity index (χ3n) is 5.61. The lowest BCUT2D eigenvalue weighted by molar-refractivity contribution is -0.119. The molecule has 1 N–H and O–H groups in total. The Hall–Kier alpha value is -3.52. The van der Waals surface area contributed by atoms with Crippen LogP contribution in [0, 0.1) is 20.8 Å². The number of anilines is 1. The minimum Gasteiger partial charge on any atom is -0.490 e. The highest BCUT2D eigenvalue weighted by Gasteiger charge is 2.28. The SMILES string of the molecule is CCOc1ccc(CNC(=O)CN(c2ccc(C)cc2C)S(=O)(=O)c2ccc(C)cc2)cc1OCC. The number of carbonyl (C=O) groups excluding carboxylic acids is 1. The summed E-state index contributed by atoms with van der Waals surface area (Å²) in [6.07, 6.45) is 0. The van der Waals surface area contributed by atoms with Crippen molar-refractivity contribution >= 4 is 21.6 Å². The maximum Gasteiger partial charge on any atom is 0.264 e. The Balaban J connectivity index is 1.84. The molecule has 0 spiro atoms. The van der Waals surface area contributed by atoms with Crippen LogP contribution in [0.2, 0.25) is 0 Å². The van der Waals surface area contributed by atoms with Crippen molar-refractivity contribution in [2.45, 2.75) is 46.1 Å². The van der Waals surface area contributed by atoms with Gasteiger partial charge < -0.3 is 14.8 Å². The Labute approximate surface area is 214 Å². The van der Waals surface area contributed by atoms with E-state index in [1.807, 2.05) is 58.9 Å². The Bertz CT molecular complexity index is 1300. The molecule has 8 heteroatoms. The van der Waals surface area contributed by atoms with Gasteiger partial charge in [0.25, 0.3) is 10.0 Å². The van der Waals surface area contributed by atoms with Crippen molar-refractivity contribution in [3.63, 3.8) is 0 Å². The number of sulfonamides is 1. The quantitative estimate of drug-likeness (QED) is 0.396. The summed E-state index contributed by atoms with van der Waals surface area (Å²) >= 11 is 0. The number of rotatable bonds is 11. The molecule has 0 aliphatic heterocycles. The van der Waals surface area contributed by atoms with Gasteiger partial charge in [-0.15, -0.1) is 0 Å². The van der Waals surface area contributed by atoms with Crippen molar-refractivity contribution in [1.29, 1.82) is 0 Å². The molecule has 0 bridgehead atoms. The second-order valence-corrected chi connectivity index (χ2v) is 10.4. The summed E-state index contributed by atoms with van der Waals surface area (Å²) in [6.45, 7) is 10.3. The summed E-state index contributed by atoms with van der Waals surface area (Å²) in [5.41, 5.74) is 4.01. The van der Waals surface area contributed by atoms with Crippen LogP contribution in [0.4, 0.5) is 5.69 Å². The molecule has 0 unspecified atom stereocenters. The van der Waals surface area contributed by atoms with Crippen molar-refractivity contribution in [2.75, 3.05) is 24.1 Å². The van der Waals surface area contributed by atoms with Crippen LogP contribution in [0.25, 0.3) is 0 Å². The maximum atomic E-state index is 13.6. The van der Waals surface area contributed by atoms with Gasteiger partial charge in [0.1, 0.15) is 6.54 Å². The van der Waals surface area contributed by atoms with Crippen LogP contribution in [0.15, 0.2) is 65.6 Å². The molecule has 0 aliphatic rings. The van der Waals surface area contributed by atoms with Crippen LogP contribution >= 0.6 is 0 Å². The fourth-order valence-corrected chi connectivity index (χ4v) is 5.30. The topological polar surface area (TPSA) is 84.9 Å². The van der Waals surface area contributed by atoms with E-state index in [1.54, 1.807) is 36.4 Å². The summed E-state index contributed by atoms with van der Waals surface area (Å²) in [4.78, 5) is 13.2. The average Bonchev–Trinajstić information content (AvgIpc) is 2.83. The molecule has 1 amide bonds. The maximum absolute atomic E-state index is 13.6. The Morgan fingerprint density at radius 2 is 1.47 bits per heavy atom. The first-order valence-corrected chi connectivity index (χ1v) is 13.4. The summed E-state index contributed by atoms with van der Waals surface area (Å²) in [6, 6.07) is 17.6. The molecule has 0 saturated heterocycles. The zero-order valence-corrected chi connectivity index (χ0v) is 22.3. The molecule has 0 aromatic heterocycles. The molecule has 0 radical (unpaired) electrons. The van der Waals surface area contributed by atoms with Crippen molar-refractivity contribution in [3.8, 4) is 11.5 Å². The van der Waals surface area contributed by atoms with Crippen LogP contribution < -0.4 is 19.1 Å². The first-order chi connectivity index (χ1) is 17.1. The highest BCUT2D eigenvalue weighted by molar-refractivity contribution is 7.92. The van der Waals surface area contributed by atoms with Crippen molar-refractivity contribution in [3.05, 3.63) is 82.9 Å². The average molecular weight is 511 g/mol. The highest BCUT2D eigenvalue weighted by atomic mass is 32.2. The number of aryl methyl sites for hydroxylation is 3. The first kappa shape index (κ1) is 27.1. The van der Waals surface area contributed by atoms with Gasteiger partial charge in [-0.25, -0.2) is 8.42 Å². The standard InChI is InChI=1S/C28H34N2O5S/c1-6-34-26-15-11-23(17-27(26)35-7-2)18-29-28(31)19-30(25-14-10-21(4)16-22(25)5)36(32,33)24-12-8-20(3)9-13-24/h8-17H,6-7,18-19H2,1-5H3,(H,29,31). The molecule has 7 nitrogen and oxygen atoms in total. The number of amides is 1. The zero-order valence-electron chi connectivity index (χ0n) is 21.5. The van der Waals surface area contributed by atoms with Crippen LogP contribution in [0.1, 0.15) is 36.1 Å². The number of benzene rings is 3. The third-order valence-corrected chi connectivity index (χ3v) is 7.39. The number of ether oxygens (including phenoxy) is 2. The molecule has 0 heterocycles. The Kier molecular flexibility index (Phi) is 8.98. The van der Waals surface area contributed by atoms with Gasteiger partial charge in [0.15, 0.2) is 11.5 Å². The van der Waals surface area contributed by atoms with Gasteiger partial charge in [-0.3, -0.25) is 9.10 Å². The first-order valence-electron chi connectivity index (χ1n) is 12.0. The van der Waals surface area contributed by atoms with Gasteiger partial charge >= 0.3 is 0 Å².